The molecule has 2 rings (SSSR count). The minimum absolute atomic E-state index is 0.0588. The number of aryl methyl sites for hydroxylation is 2. The van der Waals surface area contributed by atoms with Crippen LogP contribution in [-0.4, -0.2) is 39.4 Å². The predicted molar refractivity (Wildman–Crippen MR) is 128 cm³/mol. The van der Waals surface area contributed by atoms with E-state index in [1.807, 2.05) is 56.3 Å². The van der Waals surface area contributed by atoms with Crippen LogP contribution in [0.1, 0.15) is 29.5 Å². The summed E-state index contributed by atoms with van der Waals surface area (Å²) in [4.78, 5) is 12.1. The summed E-state index contributed by atoms with van der Waals surface area (Å²) in [6, 6.07) is 13.5. The van der Waals surface area contributed by atoms with E-state index in [1.165, 1.54) is 16.1 Å². The lowest BCUT2D eigenvalue weighted by molar-refractivity contribution is -0.121. The minimum atomic E-state index is -3.42. The molecule has 0 atom stereocenters. The monoisotopic (exact) mass is 468 g/mol. The summed E-state index contributed by atoms with van der Waals surface area (Å²) in [5, 5.41) is 3.63. The molecule has 0 bridgehead atoms. The second kappa shape index (κ2) is 11.6. The third-order valence-corrected chi connectivity index (χ3v) is 7.01. The number of thioether (sulfide) groups is 1. The molecule has 0 spiro atoms. The van der Waals surface area contributed by atoms with Crippen LogP contribution in [0.4, 0.5) is 5.69 Å². The van der Waals surface area contributed by atoms with Crippen LogP contribution in [0, 0.1) is 13.8 Å². The average molecular weight is 469 g/mol. The molecule has 30 heavy (non-hydrogen) atoms. The highest BCUT2D eigenvalue weighted by Crippen LogP contribution is 2.24. The van der Waals surface area contributed by atoms with Crippen LogP contribution in [0.15, 0.2) is 42.5 Å². The second-order valence-corrected chi connectivity index (χ2v) is 10.7. The Hall–Kier alpha value is -1.70. The molecule has 5 nitrogen and oxygen atoms in total. The number of nitrogens with zero attached hydrogens (tertiary/aromatic N) is 1. The smallest absolute Gasteiger partial charge is 0.232 e. The molecule has 0 unspecified atom stereocenters. The summed E-state index contributed by atoms with van der Waals surface area (Å²) in [5.41, 5.74) is 3.77. The van der Waals surface area contributed by atoms with E-state index in [2.05, 4.69) is 5.32 Å². The third-order valence-electron chi connectivity index (χ3n) is 4.55. The summed E-state index contributed by atoms with van der Waals surface area (Å²) in [7, 11) is -3.42. The summed E-state index contributed by atoms with van der Waals surface area (Å²) < 4.78 is 25.9. The molecule has 1 amide bonds. The van der Waals surface area contributed by atoms with Crippen LogP contribution in [-0.2, 0) is 20.6 Å². The molecule has 1 N–H and O–H groups in total. The number of nitrogens with one attached hydrogen (secondary N) is 1. The number of hydrogen-bond donors (Lipinski definition) is 1. The molecule has 0 aliphatic carbocycles. The van der Waals surface area contributed by atoms with Gasteiger partial charge in [-0.1, -0.05) is 35.9 Å². The van der Waals surface area contributed by atoms with Crippen molar-refractivity contribution in [1.82, 2.24) is 5.32 Å². The van der Waals surface area contributed by atoms with Gasteiger partial charge in [0, 0.05) is 36.0 Å². The van der Waals surface area contributed by atoms with Gasteiger partial charge in [-0.3, -0.25) is 9.10 Å². The van der Waals surface area contributed by atoms with Gasteiger partial charge in [-0.2, -0.15) is 11.8 Å². The van der Waals surface area contributed by atoms with E-state index >= 15 is 0 Å². The standard InChI is InChI=1S/C22H29ClN2O3S2/c1-17-6-7-18(2)21(15-17)25(30(3,27)28)13-4-5-22(26)24-12-14-29-16-19-8-10-20(23)11-9-19/h6-11,15H,4-5,12-14,16H2,1-3H3,(H,24,26). The number of carbonyl (C=O) groups is 1. The summed E-state index contributed by atoms with van der Waals surface area (Å²) in [5.74, 6) is 1.62. The maximum atomic E-state index is 12.3. The highest BCUT2D eigenvalue weighted by Gasteiger charge is 2.19. The van der Waals surface area contributed by atoms with Gasteiger partial charge in [0.1, 0.15) is 0 Å². The molecule has 2 aromatic rings. The fourth-order valence-corrected chi connectivity index (χ4v) is 4.92. The molecule has 8 heteroatoms. The number of sulfonamides is 1. The lowest BCUT2D eigenvalue weighted by atomic mass is 10.1. The first-order valence-corrected chi connectivity index (χ1v) is 13.2. The van der Waals surface area contributed by atoms with Gasteiger partial charge in [0.2, 0.25) is 15.9 Å². The summed E-state index contributed by atoms with van der Waals surface area (Å²) in [6.45, 7) is 4.69. The van der Waals surface area contributed by atoms with Gasteiger partial charge in [-0.15, -0.1) is 0 Å². The third kappa shape index (κ3) is 8.20. The van der Waals surface area contributed by atoms with Crippen molar-refractivity contribution >= 4 is 45.0 Å². The van der Waals surface area contributed by atoms with E-state index in [1.54, 1.807) is 11.8 Å². The number of halogens is 1. The van der Waals surface area contributed by atoms with Gasteiger partial charge < -0.3 is 5.32 Å². The average Bonchev–Trinajstić information content (AvgIpc) is 2.67. The van der Waals surface area contributed by atoms with E-state index in [0.29, 0.717) is 25.1 Å². The molecule has 0 aliphatic rings. The number of hydrogen-bond acceptors (Lipinski definition) is 4. The van der Waals surface area contributed by atoms with E-state index in [9.17, 15) is 13.2 Å². The molecule has 0 aromatic heterocycles. The van der Waals surface area contributed by atoms with Gasteiger partial charge in [0.05, 0.1) is 11.9 Å². The van der Waals surface area contributed by atoms with Crippen molar-refractivity contribution in [2.24, 2.45) is 0 Å². The summed E-state index contributed by atoms with van der Waals surface area (Å²) in [6.07, 6.45) is 1.95. The number of anilines is 1. The van der Waals surface area contributed by atoms with Gasteiger partial charge in [-0.25, -0.2) is 8.42 Å². The Morgan fingerprint density at radius 3 is 2.50 bits per heavy atom. The Morgan fingerprint density at radius 1 is 1.13 bits per heavy atom. The Bertz CT molecular complexity index is 947. The minimum Gasteiger partial charge on any atom is -0.355 e. The van der Waals surface area contributed by atoms with Crippen molar-refractivity contribution in [3.63, 3.8) is 0 Å². The molecule has 0 heterocycles. The molecule has 2 aromatic carbocycles. The number of carbonyl (C=O) groups excluding carboxylic acids is 1. The molecule has 0 fully saturated rings. The number of rotatable bonds is 11. The van der Waals surface area contributed by atoms with Crippen molar-refractivity contribution in [1.29, 1.82) is 0 Å². The Kier molecular flexibility index (Phi) is 9.52. The summed E-state index contributed by atoms with van der Waals surface area (Å²) >= 11 is 7.62. The predicted octanol–water partition coefficient (Wildman–Crippen LogP) is 4.55. The molecule has 0 aliphatic heterocycles. The lowest BCUT2D eigenvalue weighted by Crippen LogP contribution is -2.33. The fourth-order valence-electron chi connectivity index (χ4n) is 2.96. The quantitative estimate of drug-likeness (QED) is 0.491. The molecular weight excluding hydrogens is 440 g/mol. The highest BCUT2D eigenvalue weighted by atomic mass is 35.5. The topological polar surface area (TPSA) is 66.5 Å². The maximum Gasteiger partial charge on any atom is 0.232 e. The zero-order valence-electron chi connectivity index (χ0n) is 17.7. The largest absolute Gasteiger partial charge is 0.355 e. The number of benzene rings is 2. The Balaban J connectivity index is 1.73. The highest BCUT2D eigenvalue weighted by molar-refractivity contribution is 7.98. The van der Waals surface area contributed by atoms with Gasteiger partial charge in [-0.05, 0) is 55.2 Å². The van der Waals surface area contributed by atoms with Crippen molar-refractivity contribution in [2.45, 2.75) is 32.4 Å². The normalized spacial score (nSPS) is 11.3. The van der Waals surface area contributed by atoms with Crippen LogP contribution in [0.25, 0.3) is 0 Å². The Morgan fingerprint density at radius 2 is 1.83 bits per heavy atom. The van der Waals surface area contributed by atoms with Crippen molar-refractivity contribution < 1.29 is 13.2 Å². The molecule has 164 valence electrons. The van der Waals surface area contributed by atoms with Crippen LogP contribution < -0.4 is 9.62 Å². The molecular formula is C22H29ClN2O3S2. The van der Waals surface area contributed by atoms with Crippen LogP contribution >= 0.6 is 23.4 Å². The second-order valence-electron chi connectivity index (χ2n) is 7.26. The van der Waals surface area contributed by atoms with E-state index in [-0.39, 0.29) is 12.5 Å². The molecule has 0 saturated heterocycles. The van der Waals surface area contributed by atoms with E-state index in [0.717, 1.165) is 27.7 Å². The Labute approximate surface area is 189 Å². The molecule has 0 radical (unpaired) electrons. The van der Waals surface area contributed by atoms with Crippen molar-refractivity contribution in [3.8, 4) is 0 Å². The van der Waals surface area contributed by atoms with Crippen molar-refractivity contribution in [3.05, 3.63) is 64.2 Å². The first-order valence-electron chi connectivity index (χ1n) is 9.80. The van der Waals surface area contributed by atoms with Crippen LogP contribution in [0.2, 0.25) is 5.02 Å². The molecule has 0 saturated carbocycles. The zero-order valence-corrected chi connectivity index (χ0v) is 20.0. The van der Waals surface area contributed by atoms with Crippen molar-refractivity contribution in [2.75, 3.05) is 29.4 Å². The zero-order chi connectivity index (χ0) is 22.1. The maximum absolute atomic E-state index is 12.3. The van der Waals surface area contributed by atoms with E-state index in [4.69, 9.17) is 11.6 Å². The van der Waals surface area contributed by atoms with Gasteiger partial charge in [0.25, 0.3) is 0 Å². The van der Waals surface area contributed by atoms with Crippen LogP contribution in [0.5, 0.6) is 0 Å². The van der Waals surface area contributed by atoms with Gasteiger partial charge >= 0.3 is 0 Å². The SMILES string of the molecule is Cc1ccc(C)c(N(CCCC(=O)NCCSCc2ccc(Cl)cc2)S(C)(=O)=O)c1. The lowest BCUT2D eigenvalue weighted by Gasteiger charge is -2.24. The van der Waals surface area contributed by atoms with Crippen LogP contribution in [0.3, 0.4) is 0 Å². The van der Waals surface area contributed by atoms with E-state index < -0.39 is 10.0 Å². The first-order chi connectivity index (χ1) is 14.2. The van der Waals surface area contributed by atoms with Gasteiger partial charge in [0.15, 0.2) is 0 Å². The first kappa shape index (κ1) is 24.6. The number of amides is 1. The fraction of sp³-hybridized carbons (Fsp3) is 0.409.